The summed E-state index contributed by atoms with van der Waals surface area (Å²) in [6.07, 6.45) is 4.95. The van der Waals surface area contributed by atoms with Crippen LogP contribution in [0.1, 0.15) is 17.5 Å². The summed E-state index contributed by atoms with van der Waals surface area (Å²) in [4.78, 5) is 7.63. The van der Waals surface area contributed by atoms with Gasteiger partial charge >= 0.3 is 0 Å². The minimum Gasteiger partial charge on any atom is -0.369 e. The third kappa shape index (κ3) is 3.46. The molecule has 1 aromatic heterocycles. The molecule has 3 nitrogen and oxygen atoms in total. The second kappa shape index (κ2) is 6.78. The van der Waals surface area contributed by atoms with Crippen LogP contribution in [0.3, 0.4) is 0 Å². The van der Waals surface area contributed by atoms with Gasteiger partial charge in [0.25, 0.3) is 0 Å². The lowest BCUT2D eigenvalue weighted by molar-refractivity contribution is 0.724. The van der Waals surface area contributed by atoms with Gasteiger partial charge in [0.15, 0.2) is 0 Å². The lowest BCUT2D eigenvalue weighted by Gasteiger charge is -2.22. The first-order chi connectivity index (χ1) is 10.3. The van der Waals surface area contributed by atoms with E-state index in [0.29, 0.717) is 0 Å². The number of thiocarbonyl (C=S) groups is 1. The molecule has 2 heterocycles. The minimum atomic E-state index is 0.859. The first-order valence-electron chi connectivity index (χ1n) is 7.35. The van der Waals surface area contributed by atoms with Gasteiger partial charge in [0.05, 0.1) is 16.7 Å². The van der Waals surface area contributed by atoms with Crippen LogP contribution in [0.2, 0.25) is 0 Å². The molecular formula is C17H19N3S. The van der Waals surface area contributed by atoms with Crippen molar-refractivity contribution in [1.29, 1.82) is 0 Å². The molecule has 1 saturated heterocycles. The van der Waals surface area contributed by atoms with Gasteiger partial charge in [-0.3, -0.25) is 4.98 Å². The molecule has 21 heavy (non-hydrogen) atoms. The number of aromatic nitrogens is 1. The number of nitrogens with one attached hydrogen (secondary N) is 1. The third-order valence-corrected chi connectivity index (χ3v) is 4.20. The number of pyridine rings is 1. The Morgan fingerprint density at radius 2 is 1.90 bits per heavy atom. The second-order valence-corrected chi connectivity index (χ2v) is 5.63. The van der Waals surface area contributed by atoms with Gasteiger partial charge in [0.1, 0.15) is 0 Å². The van der Waals surface area contributed by atoms with Crippen LogP contribution in [0, 0.1) is 0 Å². The molecular weight excluding hydrogens is 278 g/mol. The van der Waals surface area contributed by atoms with Crippen molar-refractivity contribution >= 4 is 22.8 Å². The summed E-state index contributed by atoms with van der Waals surface area (Å²) in [5.74, 6) is 0. The number of anilines is 1. The Bertz CT molecular complexity index is 604. The molecule has 1 aliphatic rings. The van der Waals surface area contributed by atoms with Crippen molar-refractivity contribution in [3.63, 3.8) is 0 Å². The van der Waals surface area contributed by atoms with Crippen LogP contribution in [0.4, 0.5) is 5.69 Å². The highest BCUT2D eigenvalue weighted by atomic mass is 32.1. The molecule has 0 aliphatic carbocycles. The number of hydrogen-bond acceptors (Lipinski definition) is 4. The highest BCUT2D eigenvalue weighted by Gasteiger charge is 2.12. The lowest BCUT2D eigenvalue weighted by atomic mass is 10.1. The van der Waals surface area contributed by atoms with Crippen molar-refractivity contribution in [2.24, 2.45) is 0 Å². The SMILES string of the molecule is S=C(c1ccccc1)c1cncc(N2CCCNCC2)c1. The highest BCUT2D eigenvalue weighted by Crippen LogP contribution is 2.18. The number of nitrogens with zero attached hydrogens (tertiary/aromatic N) is 2. The first kappa shape index (κ1) is 14.2. The van der Waals surface area contributed by atoms with Gasteiger partial charge in [-0.1, -0.05) is 42.5 Å². The van der Waals surface area contributed by atoms with Crippen LogP contribution < -0.4 is 10.2 Å². The maximum absolute atomic E-state index is 5.60. The van der Waals surface area contributed by atoms with E-state index in [1.807, 2.05) is 42.7 Å². The molecule has 3 rings (SSSR count). The zero-order valence-corrected chi connectivity index (χ0v) is 12.8. The highest BCUT2D eigenvalue weighted by molar-refractivity contribution is 7.81. The number of benzene rings is 1. The quantitative estimate of drug-likeness (QED) is 0.696. The van der Waals surface area contributed by atoms with Crippen molar-refractivity contribution in [3.8, 4) is 0 Å². The Morgan fingerprint density at radius 3 is 2.76 bits per heavy atom. The van der Waals surface area contributed by atoms with E-state index in [0.717, 1.165) is 54.3 Å². The normalized spacial score (nSPS) is 15.5. The Labute approximate surface area is 131 Å². The van der Waals surface area contributed by atoms with Crippen LogP contribution >= 0.6 is 12.2 Å². The van der Waals surface area contributed by atoms with Crippen molar-refractivity contribution < 1.29 is 0 Å². The topological polar surface area (TPSA) is 28.2 Å². The minimum absolute atomic E-state index is 0.859. The van der Waals surface area contributed by atoms with Gasteiger partial charge in [0.2, 0.25) is 0 Å². The van der Waals surface area contributed by atoms with Crippen LogP contribution in [-0.4, -0.2) is 36.0 Å². The predicted molar refractivity (Wildman–Crippen MR) is 91.2 cm³/mol. The average molecular weight is 297 g/mol. The summed E-state index contributed by atoms with van der Waals surface area (Å²) < 4.78 is 0. The predicted octanol–water partition coefficient (Wildman–Crippen LogP) is 2.65. The summed E-state index contributed by atoms with van der Waals surface area (Å²) >= 11 is 5.60. The summed E-state index contributed by atoms with van der Waals surface area (Å²) in [5, 5.41) is 3.42. The van der Waals surface area contributed by atoms with Crippen molar-refractivity contribution in [1.82, 2.24) is 10.3 Å². The van der Waals surface area contributed by atoms with Crippen molar-refractivity contribution in [2.75, 3.05) is 31.1 Å². The Balaban J connectivity index is 1.84. The van der Waals surface area contributed by atoms with Gasteiger partial charge in [-0.05, 0) is 24.6 Å². The molecule has 1 N–H and O–H groups in total. The molecule has 0 amide bonds. The van der Waals surface area contributed by atoms with Crippen molar-refractivity contribution in [3.05, 3.63) is 59.9 Å². The van der Waals surface area contributed by atoms with E-state index in [4.69, 9.17) is 12.2 Å². The smallest absolute Gasteiger partial charge is 0.0559 e. The zero-order chi connectivity index (χ0) is 14.5. The standard InChI is InChI=1S/C17H19N3S/c21-17(14-5-2-1-3-6-14)15-11-16(13-19-12-15)20-9-4-7-18-8-10-20/h1-3,5-6,11-13,18H,4,7-10H2. The summed E-state index contributed by atoms with van der Waals surface area (Å²) in [6.45, 7) is 4.19. The molecule has 1 aliphatic heterocycles. The Kier molecular flexibility index (Phi) is 4.58. The zero-order valence-electron chi connectivity index (χ0n) is 12.0. The number of hydrogen-bond donors (Lipinski definition) is 1. The third-order valence-electron chi connectivity index (χ3n) is 3.73. The first-order valence-corrected chi connectivity index (χ1v) is 7.76. The van der Waals surface area contributed by atoms with Crippen LogP contribution in [0.25, 0.3) is 0 Å². The summed E-state index contributed by atoms with van der Waals surface area (Å²) in [7, 11) is 0. The molecule has 1 fully saturated rings. The van der Waals surface area contributed by atoms with Gasteiger partial charge in [-0.2, -0.15) is 0 Å². The second-order valence-electron chi connectivity index (χ2n) is 5.22. The molecule has 0 radical (unpaired) electrons. The maximum Gasteiger partial charge on any atom is 0.0559 e. The molecule has 1 aromatic carbocycles. The van der Waals surface area contributed by atoms with Gasteiger partial charge < -0.3 is 10.2 Å². The largest absolute Gasteiger partial charge is 0.369 e. The van der Waals surface area contributed by atoms with E-state index in [1.54, 1.807) is 0 Å². The fourth-order valence-corrected chi connectivity index (χ4v) is 2.83. The maximum atomic E-state index is 5.60. The van der Waals surface area contributed by atoms with E-state index >= 15 is 0 Å². The molecule has 0 spiro atoms. The van der Waals surface area contributed by atoms with Crippen LogP contribution in [-0.2, 0) is 0 Å². The van der Waals surface area contributed by atoms with E-state index in [1.165, 1.54) is 0 Å². The van der Waals surface area contributed by atoms with Gasteiger partial charge in [-0.15, -0.1) is 0 Å². The molecule has 0 unspecified atom stereocenters. The number of rotatable bonds is 3. The van der Waals surface area contributed by atoms with Crippen molar-refractivity contribution in [2.45, 2.75) is 6.42 Å². The van der Waals surface area contributed by atoms with Crippen LogP contribution in [0.5, 0.6) is 0 Å². The molecule has 0 atom stereocenters. The van der Waals surface area contributed by atoms with Gasteiger partial charge in [0, 0.05) is 31.4 Å². The monoisotopic (exact) mass is 297 g/mol. The average Bonchev–Trinajstić information content (AvgIpc) is 2.84. The molecule has 4 heteroatoms. The molecule has 0 saturated carbocycles. The van der Waals surface area contributed by atoms with E-state index in [-0.39, 0.29) is 0 Å². The molecule has 0 bridgehead atoms. The molecule has 2 aromatic rings. The van der Waals surface area contributed by atoms with E-state index in [9.17, 15) is 0 Å². The van der Waals surface area contributed by atoms with E-state index in [2.05, 4.69) is 21.3 Å². The fraction of sp³-hybridized carbons (Fsp3) is 0.294. The molecule has 108 valence electrons. The summed E-state index contributed by atoms with van der Waals surface area (Å²) in [5.41, 5.74) is 3.25. The van der Waals surface area contributed by atoms with E-state index < -0.39 is 0 Å². The fourth-order valence-electron chi connectivity index (χ4n) is 2.59. The van der Waals surface area contributed by atoms with Crippen LogP contribution in [0.15, 0.2) is 48.8 Å². The Morgan fingerprint density at radius 1 is 1.05 bits per heavy atom. The Hall–Kier alpha value is -1.78. The lowest BCUT2D eigenvalue weighted by Crippen LogP contribution is -2.28. The summed E-state index contributed by atoms with van der Waals surface area (Å²) in [6, 6.07) is 12.3. The van der Waals surface area contributed by atoms with Gasteiger partial charge in [-0.25, -0.2) is 0 Å².